The summed E-state index contributed by atoms with van der Waals surface area (Å²) >= 11 is 0. The van der Waals surface area contributed by atoms with Crippen molar-refractivity contribution in [2.45, 2.75) is 45.5 Å². The molecule has 0 aliphatic carbocycles. The van der Waals surface area contributed by atoms with Gasteiger partial charge in [0, 0.05) is 19.1 Å². The van der Waals surface area contributed by atoms with Crippen molar-refractivity contribution in [1.29, 1.82) is 0 Å². The van der Waals surface area contributed by atoms with Crippen LogP contribution in [0.1, 0.15) is 32.6 Å². The molecule has 0 radical (unpaired) electrons. The fourth-order valence-electron chi connectivity index (χ4n) is 2.15. The van der Waals surface area contributed by atoms with Crippen LogP contribution in [-0.2, 0) is 6.54 Å². The highest BCUT2D eigenvalue weighted by Crippen LogP contribution is 2.34. The van der Waals surface area contributed by atoms with Crippen molar-refractivity contribution in [3.05, 3.63) is 5.89 Å². The fraction of sp³-hybridized carbons (Fsp3) is 0.833. The highest BCUT2D eigenvalue weighted by molar-refractivity contribution is 5.25. The third-order valence-electron chi connectivity index (χ3n) is 3.27. The van der Waals surface area contributed by atoms with Gasteiger partial charge < -0.3 is 14.6 Å². The normalized spacial score (nSPS) is 20.7. The van der Waals surface area contributed by atoms with E-state index in [1.54, 1.807) is 0 Å². The van der Waals surface area contributed by atoms with Gasteiger partial charge in [-0.05, 0) is 12.8 Å². The predicted octanol–water partition coefficient (Wildman–Crippen LogP) is 2.35. The number of halogens is 3. The van der Waals surface area contributed by atoms with Gasteiger partial charge in [-0.3, -0.25) is 0 Å². The third-order valence-corrected chi connectivity index (χ3v) is 3.27. The van der Waals surface area contributed by atoms with E-state index in [1.165, 1.54) is 4.90 Å². The lowest BCUT2D eigenvalue weighted by atomic mass is 9.98. The van der Waals surface area contributed by atoms with Crippen molar-refractivity contribution in [3.63, 3.8) is 0 Å². The molecule has 0 amide bonds. The Hall–Kier alpha value is -1.31. The Balaban J connectivity index is 1.97. The Morgan fingerprint density at radius 2 is 2.15 bits per heavy atom. The second kappa shape index (κ2) is 5.99. The zero-order valence-corrected chi connectivity index (χ0v) is 11.6. The third kappa shape index (κ3) is 3.84. The summed E-state index contributed by atoms with van der Waals surface area (Å²) in [5.41, 5.74) is 0. The number of rotatable bonds is 4. The zero-order chi connectivity index (χ0) is 14.8. The molecule has 1 aromatic heterocycles. The molecule has 1 N–H and O–H groups in total. The van der Waals surface area contributed by atoms with Gasteiger partial charge in [0.25, 0.3) is 0 Å². The van der Waals surface area contributed by atoms with Crippen LogP contribution >= 0.6 is 0 Å². The molecule has 8 heteroatoms. The second-order valence-corrected chi connectivity index (χ2v) is 5.34. The summed E-state index contributed by atoms with van der Waals surface area (Å²) in [4.78, 5) is 1.52. The summed E-state index contributed by atoms with van der Waals surface area (Å²) in [7, 11) is 0. The maximum absolute atomic E-state index is 12.7. The molecule has 20 heavy (non-hydrogen) atoms. The Morgan fingerprint density at radius 3 is 2.80 bits per heavy atom. The standard InChI is InChI=1S/C12H19F3N4O/c1-8(2)16-6-10-17-18-11(20-10)19-5-3-4-9(7-19)12(13,14)15/h8-9,16H,3-7H2,1-2H3. The first-order valence-corrected chi connectivity index (χ1v) is 6.73. The van der Waals surface area contributed by atoms with Gasteiger partial charge >= 0.3 is 12.2 Å². The molecular formula is C12H19F3N4O. The molecule has 1 atom stereocenters. The number of nitrogens with one attached hydrogen (secondary N) is 1. The molecule has 114 valence electrons. The van der Waals surface area contributed by atoms with Crippen LogP contribution in [0.4, 0.5) is 19.2 Å². The van der Waals surface area contributed by atoms with E-state index in [1.807, 2.05) is 13.8 Å². The maximum atomic E-state index is 12.7. The van der Waals surface area contributed by atoms with Crippen molar-refractivity contribution in [3.8, 4) is 0 Å². The average Bonchev–Trinajstić information content (AvgIpc) is 2.84. The molecule has 1 aliphatic heterocycles. The van der Waals surface area contributed by atoms with E-state index in [9.17, 15) is 13.2 Å². The number of aromatic nitrogens is 2. The maximum Gasteiger partial charge on any atom is 0.393 e. The van der Waals surface area contributed by atoms with Gasteiger partial charge in [0.15, 0.2) is 0 Å². The lowest BCUT2D eigenvalue weighted by Gasteiger charge is -2.32. The average molecular weight is 292 g/mol. The molecule has 1 saturated heterocycles. The van der Waals surface area contributed by atoms with Gasteiger partial charge in [-0.25, -0.2) is 0 Å². The van der Waals surface area contributed by atoms with Crippen LogP contribution in [0.2, 0.25) is 0 Å². The van der Waals surface area contributed by atoms with Gasteiger partial charge in [-0.2, -0.15) is 13.2 Å². The highest BCUT2D eigenvalue weighted by Gasteiger charge is 2.42. The smallest absolute Gasteiger partial charge is 0.393 e. The van der Waals surface area contributed by atoms with Crippen molar-refractivity contribution in [2.75, 3.05) is 18.0 Å². The van der Waals surface area contributed by atoms with Crippen molar-refractivity contribution in [2.24, 2.45) is 5.92 Å². The number of hydrogen-bond donors (Lipinski definition) is 1. The van der Waals surface area contributed by atoms with Crippen molar-refractivity contribution < 1.29 is 17.6 Å². The molecule has 0 spiro atoms. The van der Waals surface area contributed by atoms with Gasteiger partial charge in [-0.1, -0.05) is 18.9 Å². The van der Waals surface area contributed by atoms with E-state index >= 15 is 0 Å². The van der Waals surface area contributed by atoms with E-state index in [-0.39, 0.29) is 25.0 Å². The number of alkyl halides is 3. The Morgan fingerprint density at radius 1 is 1.40 bits per heavy atom. The van der Waals surface area contributed by atoms with E-state index in [2.05, 4.69) is 15.5 Å². The van der Waals surface area contributed by atoms with Crippen LogP contribution < -0.4 is 10.2 Å². The topological polar surface area (TPSA) is 54.2 Å². The van der Waals surface area contributed by atoms with Crippen LogP contribution in [0.25, 0.3) is 0 Å². The summed E-state index contributed by atoms with van der Waals surface area (Å²) in [6, 6.07) is 0.453. The van der Waals surface area contributed by atoms with Crippen LogP contribution in [0.5, 0.6) is 0 Å². The van der Waals surface area contributed by atoms with Gasteiger partial charge in [-0.15, -0.1) is 5.10 Å². The Kier molecular flexibility index (Phi) is 4.52. The number of anilines is 1. The van der Waals surface area contributed by atoms with Crippen molar-refractivity contribution in [1.82, 2.24) is 15.5 Å². The first kappa shape index (κ1) is 15.1. The van der Waals surface area contributed by atoms with E-state index in [0.717, 1.165) is 0 Å². The molecule has 1 aliphatic rings. The molecule has 2 heterocycles. The lowest BCUT2D eigenvalue weighted by molar-refractivity contribution is -0.176. The minimum Gasteiger partial charge on any atom is -0.407 e. The zero-order valence-electron chi connectivity index (χ0n) is 11.6. The van der Waals surface area contributed by atoms with E-state index in [4.69, 9.17) is 4.42 Å². The molecule has 1 fully saturated rings. The largest absolute Gasteiger partial charge is 0.407 e. The lowest BCUT2D eigenvalue weighted by Crippen LogP contribution is -2.41. The molecule has 1 aromatic rings. The predicted molar refractivity (Wildman–Crippen MR) is 67.3 cm³/mol. The first-order valence-electron chi connectivity index (χ1n) is 6.73. The number of piperidine rings is 1. The van der Waals surface area contributed by atoms with Crippen LogP contribution in [0.15, 0.2) is 4.42 Å². The Labute approximate surface area is 115 Å². The molecule has 1 unspecified atom stereocenters. The van der Waals surface area contributed by atoms with E-state index in [0.29, 0.717) is 25.4 Å². The quantitative estimate of drug-likeness (QED) is 0.923. The van der Waals surface area contributed by atoms with Gasteiger partial charge in [0.1, 0.15) is 0 Å². The van der Waals surface area contributed by atoms with E-state index < -0.39 is 12.1 Å². The molecule has 0 aromatic carbocycles. The SMILES string of the molecule is CC(C)NCc1nnc(N2CCCC(C(F)(F)F)C2)o1. The van der Waals surface area contributed by atoms with Crippen LogP contribution in [0, 0.1) is 5.92 Å². The molecule has 0 bridgehead atoms. The molecular weight excluding hydrogens is 273 g/mol. The van der Waals surface area contributed by atoms with Crippen LogP contribution in [0.3, 0.4) is 0 Å². The minimum atomic E-state index is -4.17. The fourth-order valence-corrected chi connectivity index (χ4v) is 2.15. The molecule has 0 saturated carbocycles. The summed E-state index contributed by atoms with van der Waals surface area (Å²) in [5.74, 6) is -0.928. The van der Waals surface area contributed by atoms with Gasteiger partial charge in [0.05, 0.1) is 12.5 Å². The minimum absolute atomic E-state index is 0.108. The molecule has 5 nitrogen and oxygen atoms in total. The summed E-state index contributed by atoms with van der Waals surface area (Å²) in [6.45, 7) is 4.79. The summed E-state index contributed by atoms with van der Waals surface area (Å²) in [6.07, 6.45) is -3.53. The van der Waals surface area contributed by atoms with Crippen molar-refractivity contribution >= 4 is 6.01 Å². The summed E-state index contributed by atoms with van der Waals surface area (Å²) < 4.78 is 43.6. The summed E-state index contributed by atoms with van der Waals surface area (Å²) in [5, 5.41) is 10.8. The highest BCUT2D eigenvalue weighted by atomic mass is 19.4. The number of nitrogens with zero attached hydrogens (tertiary/aromatic N) is 3. The first-order chi connectivity index (χ1) is 9.36. The Bertz CT molecular complexity index is 433. The molecule has 2 rings (SSSR count). The number of hydrogen-bond acceptors (Lipinski definition) is 5. The van der Waals surface area contributed by atoms with Gasteiger partial charge in [0.2, 0.25) is 5.89 Å². The van der Waals surface area contributed by atoms with Crippen LogP contribution in [-0.4, -0.2) is 35.5 Å². The second-order valence-electron chi connectivity index (χ2n) is 5.34. The monoisotopic (exact) mass is 292 g/mol.